The van der Waals surface area contributed by atoms with E-state index in [2.05, 4.69) is 4.98 Å². The van der Waals surface area contributed by atoms with Gasteiger partial charge in [-0.05, 0) is 43.7 Å². The van der Waals surface area contributed by atoms with Crippen LogP contribution in [0.2, 0.25) is 0 Å². The molecule has 0 radical (unpaired) electrons. The molecule has 2 aromatic heterocycles. The van der Waals surface area contributed by atoms with Crippen LogP contribution >= 0.6 is 0 Å². The molecule has 0 aliphatic carbocycles. The van der Waals surface area contributed by atoms with Crippen LogP contribution in [0.5, 0.6) is 5.75 Å². The Morgan fingerprint density at radius 1 is 1.13 bits per heavy atom. The molecule has 0 saturated carbocycles. The van der Waals surface area contributed by atoms with E-state index in [9.17, 15) is 22.8 Å². The van der Waals surface area contributed by atoms with Gasteiger partial charge in [-0.1, -0.05) is 18.2 Å². The van der Waals surface area contributed by atoms with E-state index in [0.717, 1.165) is 11.3 Å². The van der Waals surface area contributed by atoms with E-state index in [0.29, 0.717) is 11.8 Å². The number of nitrogens with zero attached hydrogens (tertiary/aromatic N) is 1. The van der Waals surface area contributed by atoms with Crippen molar-refractivity contribution in [1.29, 1.82) is 0 Å². The minimum absolute atomic E-state index is 0.0424. The maximum Gasteiger partial charge on any atom is 0.431 e. The quantitative estimate of drug-likeness (QED) is 0.661. The van der Waals surface area contributed by atoms with Crippen molar-refractivity contribution in [2.45, 2.75) is 26.6 Å². The number of ether oxygens (including phenoxy) is 1. The normalized spacial score (nSPS) is 11.4. The molecule has 1 amide bonds. The number of primary amides is 1. The Kier molecular flexibility index (Phi) is 5.64. The Balaban J connectivity index is 2.09. The van der Waals surface area contributed by atoms with Crippen molar-refractivity contribution in [1.82, 2.24) is 9.97 Å². The number of nitrogens with one attached hydrogen (secondary N) is 1. The molecule has 0 atom stereocenters. The molecule has 0 aliphatic rings. The Morgan fingerprint density at radius 3 is 2.47 bits per heavy atom. The van der Waals surface area contributed by atoms with Gasteiger partial charge in [0.15, 0.2) is 0 Å². The highest BCUT2D eigenvalue weighted by atomic mass is 19.4. The fraction of sp³-hybridized carbons (Fsp3) is 0.190. The summed E-state index contributed by atoms with van der Waals surface area (Å²) in [6.07, 6.45) is -4.82. The summed E-state index contributed by atoms with van der Waals surface area (Å²) < 4.78 is 45.4. The van der Waals surface area contributed by atoms with Crippen LogP contribution < -0.4 is 16.0 Å². The summed E-state index contributed by atoms with van der Waals surface area (Å²) in [5.41, 5.74) is 4.44. The first-order valence-corrected chi connectivity index (χ1v) is 8.87. The lowest BCUT2D eigenvalue weighted by Gasteiger charge is -2.15. The van der Waals surface area contributed by atoms with Crippen LogP contribution in [0.3, 0.4) is 0 Å². The van der Waals surface area contributed by atoms with Crippen molar-refractivity contribution in [2.75, 3.05) is 0 Å². The van der Waals surface area contributed by atoms with Gasteiger partial charge in [-0.2, -0.15) is 13.2 Å². The smallest absolute Gasteiger partial charge is 0.431 e. The van der Waals surface area contributed by atoms with Gasteiger partial charge in [0.1, 0.15) is 23.6 Å². The summed E-state index contributed by atoms with van der Waals surface area (Å²) in [7, 11) is 0. The summed E-state index contributed by atoms with van der Waals surface area (Å²) in [4.78, 5) is 30.0. The third-order valence-corrected chi connectivity index (χ3v) is 4.29. The lowest BCUT2D eigenvalue weighted by molar-refractivity contribution is -0.141. The van der Waals surface area contributed by atoms with Gasteiger partial charge < -0.3 is 15.5 Å². The number of aromatic amines is 1. The van der Waals surface area contributed by atoms with Gasteiger partial charge in [-0.25, -0.2) is 0 Å². The minimum atomic E-state index is -4.82. The number of rotatable bonds is 5. The minimum Gasteiger partial charge on any atom is -0.487 e. The zero-order valence-corrected chi connectivity index (χ0v) is 16.1. The molecule has 3 rings (SSSR count). The van der Waals surface area contributed by atoms with Gasteiger partial charge in [0.05, 0.1) is 5.69 Å². The molecule has 6 nitrogen and oxygen atoms in total. The molecule has 3 aromatic rings. The second-order valence-corrected chi connectivity index (χ2v) is 6.72. The van der Waals surface area contributed by atoms with Crippen molar-refractivity contribution in [2.24, 2.45) is 5.73 Å². The predicted molar refractivity (Wildman–Crippen MR) is 104 cm³/mol. The number of aryl methyl sites for hydroxylation is 2. The highest BCUT2D eigenvalue weighted by Crippen LogP contribution is 2.35. The second-order valence-electron chi connectivity index (χ2n) is 6.72. The van der Waals surface area contributed by atoms with E-state index in [1.807, 2.05) is 26.0 Å². The lowest BCUT2D eigenvalue weighted by Crippen LogP contribution is -2.27. The number of carbonyl (C=O) groups is 1. The Morgan fingerprint density at radius 2 is 1.83 bits per heavy atom. The highest BCUT2D eigenvalue weighted by molar-refractivity contribution is 6.00. The zero-order chi connectivity index (χ0) is 22.1. The number of hydrogen-bond donors (Lipinski definition) is 2. The van der Waals surface area contributed by atoms with Crippen LogP contribution in [0.15, 0.2) is 47.3 Å². The van der Waals surface area contributed by atoms with E-state index in [1.165, 1.54) is 12.1 Å². The Bertz CT molecular complexity index is 1150. The monoisotopic (exact) mass is 417 g/mol. The third-order valence-electron chi connectivity index (χ3n) is 4.29. The molecule has 30 heavy (non-hydrogen) atoms. The number of amides is 1. The van der Waals surface area contributed by atoms with Crippen molar-refractivity contribution < 1.29 is 22.7 Å². The zero-order valence-electron chi connectivity index (χ0n) is 16.1. The van der Waals surface area contributed by atoms with E-state index >= 15 is 0 Å². The molecule has 9 heteroatoms. The summed E-state index contributed by atoms with van der Waals surface area (Å²) in [5.74, 6) is -0.967. The fourth-order valence-electron chi connectivity index (χ4n) is 3.14. The van der Waals surface area contributed by atoms with Gasteiger partial charge in [0.2, 0.25) is 0 Å². The molecule has 3 N–H and O–H groups in total. The van der Waals surface area contributed by atoms with E-state index in [4.69, 9.17) is 10.5 Å². The third kappa shape index (κ3) is 4.51. The molecule has 1 aromatic carbocycles. The Hall–Kier alpha value is -3.62. The van der Waals surface area contributed by atoms with Crippen LogP contribution in [0.4, 0.5) is 13.2 Å². The molecule has 0 spiro atoms. The summed E-state index contributed by atoms with van der Waals surface area (Å²) in [5, 5.41) is 0. The lowest BCUT2D eigenvalue weighted by atomic mass is 9.99. The number of nitrogens with two attached hydrogens (primary N) is 1. The predicted octanol–water partition coefficient (Wildman–Crippen LogP) is 3.75. The van der Waals surface area contributed by atoms with Crippen LogP contribution in [-0.2, 0) is 12.8 Å². The standard InChI is InChI=1S/C21H18F3N3O3/c1-11-7-12(2)26-13(8-11)10-30-16-6-4-3-5-14(16)15-9-17(21(22,23)24)27-20(29)18(15)19(25)28/h3-9H,10H2,1-2H3,(H2,25,28)(H,27,29). The van der Waals surface area contributed by atoms with Crippen LogP contribution in [0.1, 0.15) is 33.0 Å². The topological polar surface area (TPSA) is 98.1 Å². The largest absolute Gasteiger partial charge is 0.487 e. The first kappa shape index (κ1) is 21.1. The average molecular weight is 417 g/mol. The maximum atomic E-state index is 13.2. The molecule has 0 fully saturated rings. The van der Waals surface area contributed by atoms with Crippen LogP contribution in [0.25, 0.3) is 11.1 Å². The number of para-hydroxylation sites is 1. The number of pyridine rings is 2. The number of benzene rings is 1. The SMILES string of the molecule is Cc1cc(C)nc(COc2ccccc2-c2cc(C(F)(F)F)[nH]c(=O)c2C(N)=O)c1. The average Bonchev–Trinajstić information content (AvgIpc) is 2.64. The van der Waals surface area contributed by atoms with E-state index in [-0.39, 0.29) is 23.5 Å². The maximum absolute atomic E-state index is 13.2. The molecular weight excluding hydrogens is 399 g/mol. The first-order valence-electron chi connectivity index (χ1n) is 8.87. The first-order chi connectivity index (χ1) is 14.1. The van der Waals surface area contributed by atoms with Crippen LogP contribution in [0, 0.1) is 13.8 Å². The molecule has 0 aliphatic heterocycles. The molecule has 2 heterocycles. The van der Waals surface area contributed by atoms with E-state index in [1.54, 1.807) is 17.1 Å². The number of halogens is 3. The molecule has 0 unspecified atom stereocenters. The highest BCUT2D eigenvalue weighted by Gasteiger charge is 2.34. The van der Waals surface area contributed by atoms with Crippen molar-refractivity contribution in [3.05, 3.63) is 81.0 Å². The molecular formula is C21H18F3N3O3. The molecule has 156 valence electrons. The van der Waals surface area contributed by atoms with Gasteiger partial charge in [0, 0.05) is 16.8 Å². The van der Waals surface area contributed by atoms with E-state index < -0.39 is 28.9 Å². The number of aromatic nitrogens is 2. The number of hydrogen-bond acceptors (Lipinski definition) is 4. The number of carbonyl (C=O) groups excluding carboxylic acids is 1. The fourth-order valence-corrected chi connectivity index (χ4v) is 3.14. The van der Waals surface area contributed by atoms with Gasteiger partial charge in [-0.3, -0.25) is 14.6 Å². The molecule has 0 bridgehead atoms. The Labute approximate surface area is 169 Å². The van der Waals surface area contributed by atoms with Crippen molar-refractivity contribution in [3.8, 4) is 16.9 Å². The number of H-pyrrole nitrogens is 1. The van der Waals surface area contributed by atoms with Gasteiger partial charge in [-0.15, -0.1) is 0 Å². The second kappa shape index (κ2) is 8.02. The summed E-state index contributed by atoms with van der Waals surface area (Å²) in [6, 6.07) is 10.5. The van der Waals surface area contributed by atoms with Gasteiger partial charge >= 0.3 is 6.18 Å². The van der Waals surface area contributed by atoms with Gasteiger partial charge in [0.25, 0.3) is 11.5 Å². The number of alkyl halides is 3. The van der Waals surface area contributed by atoms with Crippen LogP contribution in [-0.4, -0.2) is 15.9 Å². The molecule has 0 saturated heterocycles. The summed E-state index contributed by atoms with van der Waals surface area (Å²) in [6.45, 7) is 3.78. The summed E-state index contributed by atoms with van der Waals surface area (Å²) >= 11 is 0. The van der Waals surface area contributed by atoms with Crippen molar-refractivity contribution >= 4 is 5.91 Å². The van der Waals surface area contributed by atoms with Crippen molar-refractivity contribution in [3.63, 3.8) is 0 Å².